The molecule has 1 N–H and O–H groups in total. The number of fused-ring (bicyclic) bond motifs is 1. The number of nitrogens with one attached hydrogen (secondary N) is 1. The van der Waals surface area contributed by atoms with Gasteiger partial charge in [-0.3, -0.25) is 9.78 Å². The number of hydrogen-bond acceptors (Lipinski definition) is 3. The Kier molecular flexibility index (Phi) is 3.79. The fourth-order valence-electron chi connectivity index (χ4n) is 2.42. The Morgan fingerprint density at radius 2 is 2.00 bits per heavy atom. The lowest BCUT2D eigenvalue weighted by atomic mass is 10.1. The van der Waals surface area contributed by atoms with Crippen molar-refractivity contribution in [2.45, 2.75) is 19.6 Å². The van der Waals surface area contributed by atoms with Gasteiger partial charge in [-0.1, -0.05) is 11.6 Å². The topological polar surface area (TPSA) is 68.0 Å². The van der Waals surface area contributed by atoms with Gasteiger partial charge >= 0.3 is 11.9 Å². The Bertz CT molecular complexity index is 1050. The molecule has 0 aliphatic heterocycles. The molecule has 0 bridgehead atoms. The minimum atomic E-state index is -4.51. The molecule has 126 valence electrons. The normalized spacial score (nSPS) is 12.0. The van der Waals surface area contributed by atoms with E-state index in [0.717, 1.165) is 18.2 Å². The van der Waals surface area contributed by atoms with Gasteiger partial charge in [-0.2, -0.15) is 13.2 Å². The number of halogens is 4. The van der Waals surface area contributed by atoms with Crippen LogP contribution in [-0.2, 0) is 12.7 Å². The summed E-state index contributed by atoms with van der Waals surface area (Å²) in [7, 11) is 0. The van der Waals surface area contributed by atoms with Crippen LogP contribution in [0, 0.1) is 6.92 Å². The third-order valence-corrected chi connectivity index (χ3v) is 3.91. The summed E-state index contributed by atoms with van der Waals surface area (Å²) in [6.07, 6.45) is -3.11. The molecule has 0 fully saturated rings. The van der Waals surface area contributed by atoms with Crippen molar-refractivity contribution in [1.29, 1.82) is 0 Å². The van der Waals surface area contributed by atoms with Crippen LogP contribution in [0.2, 0.25) is 5.02 Å². The number of oxazole rings is 1. The maximum atomic E-state index is 12.8. The Morgan fingerprint density at radius 3 is 2.67 bits per heavy atom. The van der Waals surface area contributed by atoms with E-state index in [9.17, 15) is 22.8 Å². The molecule has 2 heterocycles. The molecule has 0 radical (unpaired) electrons. The molecule has 24 heavy (non-hydrogen) atoms. The van der Waals surface area contributed by atoms with Crippen molar-refractivity contribution in [1.82, 2.24) is 9.55 Å². The molecular formula is C15H10ClF3N2O3. The van der Waals surface area contributed by atoms with Crippen LogP contribution in [0.15, 0.2) is 38.4 Å². The third kappa shape index (κ3) is 2.84. The van der Waals surface area contributed by atoms with Gasteiger partial charge in [0, 0.05) is 16.8 Å². The molecule has 3 rings (SSSR count). The highest BCUT2D eigenvalue weighted by atomic mass is 35.5. The highest BCUT2D eigenvalue weighted by Gasteiger charge is 2.31. The lowest BCUT2D eigenvalue weighted by Gasteiger charge is -2.12. The van der Waals surface area contributed by atoms with E-state index < -0.39 is 23.1 Å². The van der Waals surface area contributed by atoms with Crippen molar-refractivity contribution >= 4 is 22.7 Å². The smallest absolute Gasteiger partial charge is 0.407 e. The first kappa shape index (κ1) is 16.4. The summed E-state index contributed by atoms with van der Waals surface area (Å²) in [5.74, 6) is -0.778. The maximum absolute atomic E-state index is 12.8. The summed E-state index contributed by atoms with van der Waals surface area (Å²) in [6.45, 7) is 1.44. The Hall–Kier alpha value is -2.48. The van der Waals surface area contributed by atoms with Crippen LogP contribution in [0.1, 0.15) is 16.7 Å². The van der Waals surface area contributed by atoms with Crippen LogP contribution in [0.4, 0.5) is 13.2 Å². The third-order valence-electron chi connectivity index (χ3n) is 3.54. The van der Waals surface area contributed by atoms with Gasteiger partial charge in [0.25, 0.3) is 5.56 Å². The summed E-state index contributed by atoms with van der Waals surface area (Å²) in [5, 5.41) is 0.105. The molecule has 9 heteroatoms. The summed E-state index contributed by atoms with van der Waals surface area (Å²) >= 11 is 5.95. The second-order valence-electron chi connectivity index (χ2n) is 5.27. The molecule has 0 aliphatic carbocycles. The van der Waals surface area contributed by atoms with Crippen molar-refractivity contribution in [2.75, 3.05) is 0 Å². The fourth-order valence-corrected chi connectivity index (χ4v) is 2.60. The number of rotatable bonds is 2. The summed E-state index contributed by atoms with van der Waals surface area (Å²) in [6, 6.07) is 2.90. The van der Waals surface area contributed by atoms with Gasteiger partial charge in [-0.05, 0) is 30.7 Å². The lowest BCUT2D eigenvalue weighted by Crippen LogP contribution is -2.21. The van der Waals surface area contributed by atoms with Crippen molar-refractivity contribution in [2.24, 2.45) is 0 Å². The van der Waals surface area contributed by atoms with Crippen LogP contribution in [0.25, 0.3) is 11.1 Å². The van der Waals surface area contributed by atoms with Gasteiger partial charge in [-0.25, -0.2) is 4.79 Å². The molecule has 0 saturated carbocycles. The van der Waals surface area contributed by atoms with Crippen molar-refractivity contribution < 1.29 is 17.6 Å². The Balaban J connectivity index is 2.12. The molecule has 0 spiro atoms. The van der Waals surface area contributed by atoms with Crippen LogP contribution >= 0.6 is 11.6 Å². The van der Waals surface area contributed by atoms with Crippen LogP contribution in [0.3, 0.4) is 0 Å². The highest BCUT2D eigenvalue weighted by Crippen LogP contribution is 2.32. The zero-order valence-corrected chi connectivity index (χ0v) is 13.0. The Labute approximate surface area is 137 Å². The predicted octanol–water partition coefficient (Wildman–Crippen LogP) is 3.31. The van der Waals surface area contributed by atoms with Crippen molar-refractivity contribution in [3.63, 3.8) is 0 Å². The maximum Gasteiger partial charge on any atom is 0.417 e. The molecule has 0 amide bonds. The molecule has 0 unspecified atom stereocenters. The fraction of sp³-hybridized carbons (Fsp3) is 0.200. The molecule has 0 aliphatic rings. The number of alkyl halides is 3. The first-order chi connectivity index (χ1) is 11.2. The number of aromatic nitrogens is 2. The SMILES string of the molecule is Cc1cn(Cc2cc(C(F)(F)F)ccc2Cl)c(=O)c2[nH]c(=O)oc12. The van der Waals surface area contributed by atoms with Gasteiger partial charge in [0.05, 0.1) is 12.1 Å². The number of benzene rings is 1. The minimum absolute atomic E-state index is 0.0388. The second kappa shape index (κ2) is 5.55. The van der Waals surface area contributed by atoms with Crippen molar-refractivity contribution in [3.8, 4) is 0 Å². The average Bonchev–Trinajstić information content (AvgIpc) is 2.88. The van der Waals surface area contributed by atoms with Crippen LogP contribution in [0.5, 0.6) is 0 Å². The molecule has 2 aromatic heterocycles. The second-order valence-corrected chi connectivity index (χ2v) is 5.67. The van der Waals surface area contributed by atoms with E-state index >= 15 is 0 Å². The minimum Gasteiger partial charge on any atom is -0.407 e. The van der Waals surface area contributed by atoms with Crippen LogP contribution in [-0.4, -0.2) is 9.55 Å². The van der Waals surface area contributed by atoms with E-state index in [1.165, 1.54) is 10.8 Å². The number of nitrogens with zero attached hydrogens (tertiary/aromatic N) is 1. The highest BCUT2D eigenvalue weighted by molar-refractivity contribution is 6.31. The zero-order valence-electron chi connectivity index (χ0n) is 12.2. The molecule has 5 nitrogen and oxygen atoms in total. The predicted molar refractivity (Wildman–Crippen MR) is 81.4 cm³/mol. The number of pyridine rings is 1. The summed E-state index contributed by atoms with van der Waals surface area (Å²) in [4.78, 5) is 25.9. The molecule has 3 aromatic rings. The Morgan fingerprint density at radius 1 is 1.29 bits per heavy atom. The van der Waals surface area contributed by atoms with E-state index in [1.54, 1.807) is 6.92 Å². The standard InChI is InChI=1S/C15H10ClF3N2O3/c1-7-5-21(13(22)11-12(7)24-14(23)20-11)6-8-4-9(15(17,18)19)2-3-10(8)16/h2-5H,6H2,1H3,(H,20,23). The van der Waals surface area contributed by atoms with E-state index in [4.69, 9.17) is 16.0 Å². The van der Waals surface area contributed by atoms with E-state index in [0.29, 0.717) is 5.56 Å². The van der Waals surface area contributed by atoms with Gasteiger partial charge in [0.15, 0.2) is 11.1 Å². The number of hydrogen-bond donors (Lipinski definition) is 1. The van der Waals surface area contributed by atoms with E-state index in [-0.39, 0.29) is 28.2 Å². The molecule has 0 atom stereocenters. The summed E-state index contributed by atoms with van der Waals surface area (Å²) < 4.78 is 44.5. The first-order valence-corrected chi connectivity index (χ1v) is 7.13. The number of aryl methyl sites for hydroxylation is 1. The molecule has 1 aromatic carbocycles. The van der Waals surface area contributed by atoms with Crippen molar-refractivity contribution in [3.05, 3.63) is 67.0 Å². The van der Waals surface area contributed by atoms with Gasteiger partial charge in [0.2, 0.25) is 0 Å². The van der Waals surface area contributed by atoms with Gasteiger partial charge in [0.1, 0.15) is 0 Å². The molecule has 0 saturated heterocycles. The number of aromatic amines is 1. The number of H-pyrrole nitrogens is 1. The van der Waals surface area contributed by atoms with Gasteiger partial charge < -0.3 is 8.98 Å². The first-order valence-electron chi connectivity index (χ1n) is 6.75. The average molecular weight is 359 g/mol. The van der Waals surface area contributed by atoms with Crippen LogP contribution < -0.4 is 11.3 Å². The monoisotopic (exact) mass is 358 g/mol. The lowest BCUT2D eigenvalue weighted by molar-refractivity contribution is -0.137. The quantitative estimate of drug-likeness (QED) is 0.764. The van der Waals surface area contributed by atoms with Gasteiger partial charge in [-0.15, -0.1) is 0 Å². The van der Waals surface area contributed by atoms with E-state index in [2.05, 4.69) is 4.98 Å². The summed E-state index contributed by atoms with van der Waals surface area (Å²) in [5.41, 5.74) is -0.733. The van der Waals surface area contributed by atoms with E-state index in [1.807, 2.05) is 0 Å². The zero-order chi connectivity index (χ0) is 17.6. The molecular weight excluding hydrogens is 349 g/mol. The largest absolute Gasteiger partial charge is 0.417 e.